The summed E-state index contributed by atoms with van der Waals surface area (Å²) >= 11 is 0. The first-order valence-electron chi connectivity index (χ1n) is 11.0. The molecule has 0 N–H and O–H groups in total. The highest BCUT2D eigenvalue weighted by atomic mass is 16.5. The molecular formula is C26H23NO4. The molecule has 3 aromatic rings. The molecule has 1 aromatic heterocycles. The first-order valence-corrected chi connectivity index (χ1v) is 11.0. The number of furan rings is 1. The third kappa shape index (κ3) is 2.95. The number of nitrogens with zero attached hydrogens (tertiary/aromatic N) is 1. The Morgan fingerprint density at radius 2 is 1.81 bits per heavy atom. The van der Waals surface area contributed by atoms with Crippen LogP contribution in [0.5, 0.6) is 5.75 Å². The number of hydrogen-bond donors (Lipinski definition) is 0. The Bertz CT molecular complexity index is 1270. The fourth-order valence-electron chi connectivity index (χ4n) is 5.01. The van der Waals surface area contributed by atoms with Crippen molar-refractivity contribution in [1.82, 2.24) is 4.90 Å². The quantitative estimate of drug-likeness (QED) is 0.429. The number of rotatable bonds is 3. The zero-order valence-electron chi connectivity index (χ0n) is 17.3. The molecule has 6 rings (SSSR count). The van der Waals surface area contributed by atoms with Gasteiger partial charge in [0.1, 0.15) is 18.1 Å². The number of fused-ring (bicyclic) bond motifs is 6. The van der Waals surface area contributed by atoms with Crippen molar-refractivity contribution in [2.45, 2.75) is 38.6 Å². The summed E-state index contributed by atoms with van der Waals surface area (Å²) in [4.78, 5) is 28.5. The molecule has 0 radical (unpaired) electrons. The number of hydrogen-bond acceptors (Lipinski definition) is 5. The molecule has 156 valence electrons. The third-order valence-corrected chi connectivity index (χ3v) is 6.69. The predicted octanol–water partition coefficient (Wildman–Crippen LogP) is 5.25. The SMILES string of the molecule is O=C1c2ccccc2C(=O)c2c1oc1c3c(ccc21)OCN(CCC1=CCCCC1)C3. The molecule has 2 aliphatic carbocycles. The molecule has 0 bridgehead atoms. The summed E-state index contributed by atoms with van der Waals surface area (Å²) in [5, 5.41) is 0.696. The number of benzene rings is 2. The summed E-state index contributed by atoms with van der Waals surface area (Å²) in [5.74, 6) is 0.537. The molecule has 0 saturated heterocycles. The molecule has 0 saturated carbocycles. The van der Waals surface area contributed by atoms with Crippen molar-refractivity contribution in [2.75, 3.05) is 13.3 Å². The second-order valence-corrected chi connectivity index (χ2v) is 8.61. The maximum Gasteiger partial charge on any atom is 0.229 e. The Kier molecular flexibility index (Phi) is 4.32. The lowest BCUT2D eigenvalue weighted by Crippen LogP contribution is -2.33. The van der Waals surface area contributed by atoms with Gasteiger partial charge >= 0.3 is 0 Å². The zero-order valence-corrected chi connectivity index (χ0v) is 17.3. The van der Waals surface area contributed by atoms with Gasteiger partial charge < -0.3 is 9.15 Å². The summed E-state index contributed by atoms with van der Waals surface area (Å²) in [6.07, 6.45) is 8.41. The van der Waals surface area contributed by atoms with Crippen molar-refractivity contribution in [2.24, 2.45) is 0 Å². The third-order valence-electron chi connectivity index (χ3n) is 6.69. The maximum atomic E-state index is 13.2. The summed E-state index contributed by atoms with van der Waals surface area (Å²) in [6.45, 7) is 2.14. The average Bonchev–Trinajstić information content (AvgIpc) is 3.22. The lowest BCUT2D eigenvalue weighted by Gasteiger charge is -2.29. The van der Waals surface area contributed by atoms with Crippen molar-refractivity contribution in [1.29, 1.82) is 0 Å². The Balaban J connectivity index is 1.36. The molecule has 1 aliphatic heterocycles. The van der Waals surface area contributed by atoms with Gasteiger partial charge in [0.05, 0.1) is 11.1 Å². The van der Waals surface area contributed by atoms with E-state index in [9.17, 15) is 9.59 Å². The van der Waals surface area contributed by atoms with E-state index in [0.717, 1.165) is 24.3 Å². The minimum atomic E-state index is -0.229. The van der Waals surface area contributed by atoms with Gasteiger partial charge in [0.25, 0.3) is 0 Å². The fraction of sp³-hybridized carbons (Fsp3) is 0.308. The standard InChI is InChI=1S/C26H23NO4/c28-23-17-8-4-5-9-18(17)24(29)26-22(23)19-10-11-21-20(25(19)31-26)14-27(15-30-21)13-12-16-6-2-1-3-7-16/h4-6,8-11H,1-3,7,12-15H2. The van der Waals surface area contributed by atoms with Crippen molar-refractivity contribution < 1.29 is 18.7 Å². The molecule has 0 atom stereocenters. The van der Waals surface area contributed by atoms with Crippen LogP contribution in [-0.4, -0.2) is 29.7 Å². The number of allylic oxidation sites excluding steroid dienone is 1. The van der Waals surface area contributed by atoms with Gasteiger partial charge in [0.2, 0.25) is 5.78 Å². The van der Waals surface area contributed by atoms with E-state index in [1.54, 1.807) is 24.3 Å². The largest absolute Gasteiger partial charge is 0.478 e. The van der Waals surface area contributed by atoms with E-state index >= 15 is 0 Å². The number of ether oxygens (including phenoxy) is 1. The summed E-state index contributed by atoms with van der Waals surface area (Å²) in [6, 6.07) is 10.7. The average molecular weight is 413 g/mol. The molecule has 0 unspecified atom stereocenters. The van der Waals surface area contributed by atoms with Gasteiger partial charge in [-0.1, -0.05) is 35.9 Å². The van der Waals surface area contributed by atoms with Crippen LogP contribution in [0.2, 0.25) is 0 Å². The van der Waals surface area contributed by atoms with Crippen LogP contribution in [0.15, 0.2) is 52.5 Å². The van der Waals surface area contributed by atoms with E-state index in [-0.39, 0.29) is 17.3 Å². The number of ketones is 2. The van der Waals surface area contributed by atoms with Gasteiger partial charge in [-0.3, -0.25) is 14.5 Å². The van der Waals surface area contributed by atoms with Crippen LogP contribution in [0, 0.1) is 0 Å². The molecule has 0 fully saturated rings. The van der Waals surface area contributed by atoms with Gasteiger partial charge in [0.15, 0.2) is 11.5 Å². The van der Waals surface area contributed by atoms with Crippen LogP contribution in [0.4, 0.5) is 0 Å². The summed E-state index contributed by atoms with van der Waals surface area (Å²) in [5.41, 5.74) is 4.29. The Hall–Kier alpha value is -3.18. The number of carbonyl (C=O) groups is 2. The minimum Gasteiger partial charge on any atom is -0.478 e. The summed E-state index contributed by atoms with van der Waals surface area (Å²) in [7, 11) is 0. The zero-order chi connectivity index (χ0) is 20.9. The van der Waals surface area contributed by atoms with Gasteiger partial charge in [-0.15, -0.1) is 0 Å². The second-order valence-electron chi connectivity index (χ2n) is 8.61. The van der Waals surface area contributed by atoms with Gasteiger partial charge in [-0.05, 0) is 44.2 Å². The maximum absolute atomic E-state index is 13.2. The van der Waals surface area contributed by atoms with Crippen molar-refractivity contribution >= 4 is 22.5 Å². The van der Waals surface area contributed by atoms with Gasteiger partial charge in [-0.2, -0.15) is 0 Å². The highest BCUT2D eigenvalue weighted by Gasteiger charge is 2.36. The topological polar surface area (TPSA) is 59.8 Å². The lowest BCUT2D eigenvalue weighted by molar-refractivity contribution is 0.0952. The van der Waals surface area contributed by atoms with Crippen molar-refractivity contribution in [3.8, 4) is 5.75 Å². The Morgan fingerprint density at radius 3 is 2.61 bits per heavy atom. The second kappa shape index (κ2) is 7.20. The van der Waals surface area contributed by atoms with Crippen LogP contribution in [0.25, 0.3) is 11.0 Å². The molecular weight excluding hydrogens is 390 g/mol. The van der Waals surface area contributed by atoms with Crippen LogP contribution in [0.1, 0.15) is 69.7 Å². The normalized spacial score (nSPS) is 18.3. The highest BCUT2D eigenvalue weighted by molar-refractivity contribution is 6.31. The van der Waals surface area contributed by atoms with Gasteiger partial charge in [0, 0.05) is 29.6 Å². The van der Waals surface area contributed by atoms with Crippen LogP contribution in [-0.2, 0) is 6.54 Å². The van der Waals surface area contributed by atoms with Crippen LogP contribution in [0.3, 0.4) is 0 Å². The fourth-order valence-corrected chi connectivity index (χ4v) is 5.01. The molecule has 31 heavy (non-hydrogen) atoms. The Labute approximate surface area is 180 Å². The smallest absolute Gasteiger partial charge is 0.229 e. The van der Waals surface area contributed by atoms with Crippen LogP contribution >= 0.6 is 0 Å². The first kappa shape index (κ1) is 18.6. The lowest BCUT2D eigenvalue weighted by atomic mass is 9.87. The molecule has 2 aromatic carbocycles. The molecule has 5 nitrogen and oxygen atoms in total. The molecule has 2 heterocycles. The summed E-state index contributed by atoms with van der Waals surface area (Å²) < 4.78 is 12.1. The number of carbonyl (C=O) groups excluding carboxylic acids is 2. The molecule has 0 spiro atoms. The van der Waals surface area contributed by atoms with E-state index in [4.69, 9.17) is 9.15 Å². The van der Waals surface area contributed by atoms with Crippen molar-refractivity contribution in [3.63, 3.8) is 0 Å². The molecule has 3 aliphatic rings. The van der Waals surface area contributed by atoms with E-state index in [1.165, 1.54) is 31.3 Å². The monoisotopic (exact) mass is 413 g/mol. The predicted molar refractivity (Wildman–Crippen MR) is 117 cm³/mol. The van der Waals surface area contributed by atoms with E-state index in [1.807, 2.05) is 12.1 Å². The van der Waals surface area contributed by atoms with Gasteiger partial charge in [-0.25, -0.2) is 0 Å². The first-order chi connectivity index (χ1) is 15.2. The van der Waals surface area contributed by atoms with E-state index in [0.29, 0.717) is 40.9 Å². The minimum absolute atomic E-state index is 0.150. The van der Waals surface area contributed by atoms with Crippen molar-refractivity contribution in [3.05, 3.63) is 76.1 Å². The Morgan fingerprint density at radius 1 is 0.968 bits per heavy atom. The van der Waals surface area contributed by atoms with Crippen LogP contribution < -0.4 is 4.74 Å². The molecule has 5 heteroatoms. The van der Waals surface area contributed by atoms with E-state index in [2.05, 4.69) is 11.0 Å². The highest BCUT2D eigenvalue weighted by Crippen LogP contribution is 2.40. The van der Waals surface area contributed by atoms with E-state index < -0.39 is 0 Å². The molecule has 0 amide bonds.